The van der Waals surface area contributed by atoms with Gasteiger partial charge in [0.1, 0.15) is 5.60 Å². The minimum absolute atomic E-state index is 0.418. The second-order valence-corrected chi connectivity index (χ2v) is 7.65. The number of hydrogen-bond acceptors (Lipinski definition) is 3. The molecule has 3 nitrogen and oxygen atoms in total. The van der Waals surface area contributed by atoms with E-state index in [-0.39, 0.29) is 0 Å². The molecule has 0 aromatic carbocycles. The standard InChI is InChI=1S/C17H24N2O/c1-3-17(2)14(9-18)16(19-20-17)15-12-5-10-4-11(7-12)8-13(15)6-10/h10-13,15,19H,3-8H2,1-2H3. The number of hydrogen-bond donors (Lipinski definition) is 1. The lowest BCUT2D eigenvalue weighted by atomic mass is 9.51. The van der Waals surface area contributed by atoms with Crippen molar-refractivity contribution in [1.82, 2.24) is 5.48 Å². The lowest BCUT2D eigenvalue weighted by molar-refractivity contribution is -0.0559. The maximum absolute atomic E-state index is 9.63. The number of nitrogens with zero attached hydrogens (tertiary/aromatic N) is 1. The molecule has 1 aliphatic heterocycles. The number of allylic oxidation sites excluding steroid dienone is 1. The lowest BCUT2D eigenvalue weighted by Crippen LogP contribution is -2.47. The van der Waals surface area contributed by atoms with Gasteiger partial charge in [0, 0.05) is 5.92 Å². The summed E-state index contributed by atoms with van der Waals surface area (Å²) < 4.78 is 0. The largest absolute Gasteiger partial charge is 0.269 e. The summed E-state index contributed by atoms with van der Waals surface area (Å²) in [6.07, 6.45) is 7.84. The fourth-order valence-corrected chi connectivity index (χ4v) is 5.61. The van der Waals surface area contributed by atoms with Gasteiger partial charge in [-0.1, -0.05) is 6.92 Å². The van der Waals surface area contributed by atoms with Crippen molar-refractivity contribution < 1.29 is 4.84 Å². The molecule has 5 aliphatic rings. The third kappa shape index (κ3) is 1.61. The Bertz CT molecular complexity index is 476. The molecule has 0 spiro atoms. The van der Waals surface area contributed by atoms with Gasteiger partial charge in [0.05, 0.1) is 17.3 Å². The minimum atomic E-state index is -0.418. The van der Waals surface area contributed by atoms with E-state index in [9.17, 15) is 5.26 Å². The lowest BCUT2D eigenvalue weighted by Gasteiger charge is -2.54. The predicted octanol–water partition coefficient (Wildman–Crippen LogP) is 3.54. The topological polar surface area (TPSA) is 45.0 Å². The van der Waals surface area contributed by atoms with Crippen LogP contribution in [0.1, 0.15) is 52.4 Å². The maximum atomic E-state index is 9.63. The molecule has 4 aliphatic carbocycles. The van der Waals surface area contributed by atoms with Crippen molar-refractivity contribution in [3.8, 4) is 6.07 Å². The Morgan fingerprint density at radius 2 is 1.80 bits per heavy atom. The Labute approximate surface area is 121 Å². The molecule has 0 aromatic heterocycles. The summed E-state index contributed by atoms with van der Waals surface area (Å²) in [6, 6.07) is 2.46. The summed E-state index contributed by atoms with van der Waals surface area (Å²) in [5, 5.41) is 9.63. The molecule has 20 heavy (non-hydrogen) atoms. The van der Waals surface area contributed by atoms with Gasteiger partial charge in [-0.05, 0) is 69.1 Å². The van der Waals surface area contributed by atoms with Crippen molar-refractivity contribution in [2.45, 2.75) is 58.0 Å². The highest BCUT2D eigenvalue weighted by atomic mass is 16.7. The molecular weight excluding hydrogens is 248 g/mol. The van der Waals surface area contributed by atoms with Crippen molar-refractivity contribution in [3.05, 3.63) is 11.3 Å². The Balaban J connectivity index is 1.71. The van der Waals surface area contributed by atoms with Gasteiger partial charge in [0.2, 0.25) is 0 Å². The Morgan fingerprint density at radius 3 is 2.30 bits per heavy atom. The van der Waals surface area contributed by atoms with Crippen LogP contribution in [0.2, 0.25) is 0 Å². The first kappa shape index (κ1) is 12.7. The van der Waals surface area contributed by atoms with Crippen LogP contribution in [-0.4, -0.2) is 5.60 Å². The number of nitrogens with one attached hydrogen (secondary N) is 1. The quantitative estimate of drug-likeness (QED) is 0.836. The zero-order valence-electron chi connectivity index (χ0n) is 12.5. The van der Waals surface area contributed by atoms with Gasteiger partial charge in [-0.3, -0.25) is 10.3 Å². The third-order valence-electron chi connectivity index (χ3n) is 6.53. The smallest absolute Gasteiger partial charge is 0.129 e. The Morgan fingerprint density at radius 1 is 1.20 bits per heavy atom. The molecule has 1 atom stereocenters. The summed E-state index contributed by atoms with van der Waals surface area (Å²) in [4.78, 5) is 5.82. The van der Waals surface area contributed by atoms with Gasteiger partial charge >= 0.3 is 0 Å². The van der Waals surface area contributed by atoms with E-state index in [1.165, 1.54) is 32.1 Å². The van der Waals surface area contributed by atoms with Gasteiger partial charge in [-0.25, -0.2) is 0 Å². The third-order valence-corrected chi connectivity index (χ3v) is 6.53. The van der Waals surface area contributed by atoms with E-state index in [1.54, 1.807) is 0 Å². The van der Waals surface area contributed by atoms with Crippen molar-refractivity contribution in [2.24, 2.45) is 29.6 Å². The first-order chi connectivity index (χ1) is 9.64. The second kappa shape index (κ2) is 4.24. The molecule has 0 aromatic rings. The minimum Gasteiger partial charge on any atom is -0.269 e. The van der Waals surface area contributed by atoms with Crippen LogP contribution in [0.4, 0.5) is 0 Å². The van der Waals surface area contributed by atoms with Crippen molar-refractivity contribution >= 4 is 0 Å². The predicted molar refractivity (Wildman–Crippen MR) is 76.1 cm³/mol. The highest BCUT2D eigenvalue weighted by molar-refractivity contribution is 5.39. The molecule has 4 bridgehead atoms. The van der Waals surface area contributed by atoms with Crippen LogP contribution in [0.5, 0.6) is 0 Å². The average molecular weight is 272 g/mol. The van der Waals surface area contributed by atoms with Gasteiger partial charge in [-0.2, -0.15) is 5.26 Å². The molecule has 1 N–H and O–H groups in total. The van der Waals surface area contributed by atoms with Crippen LogP contribution in [0.15, 0.2) is 11.3 Å². The maximum Gasteiger partial charge on any atom is 0.129 e. The van der Waals surface area contributed by atoms with Gasteiger partial charge in [0.15, 0.2) is 0 Å². The molecule has 4 saturated carbocycles. The van der Waals surface area contributed by atoms with Gasteiger partial charge in [-0.15, -0.1) is 0 Å². The Kier molecular flexibility index (Phi) is 2.70. The number of rotatable bonds is 2. The van der Waals surface area contributed by atoms with E-state index in [0.717, 1.165) is 41.4 Å². The van der Waals surface area contributed by atoms with E-state index in [1.807, 2.05) is 6.92 Å². The molecular formula is C17H24N2O. The fourth-order valence-electron chi connectivity index (χ4n) is 5.61. The first-order valence-electron chi connectivity index (χ1n) is 8.23. The van der Waals surface area contributed by atoms with Gasteiger partial charge in [0.25, 0.3) is 0 Å². The van der Waals surface area contributed by atoms with Crippen molar-refractivity contribution in [2.75, 3.05) is 0 Å². The summed E-state index contributed by atoms with van der Waals surface area (Å²) in [7, 11) is 0. The van der Waals surface area contributed by atoms with E-state index in [4.69, 9.17) is 4.84 Å². The number of hydroxylamine groups is 1. The van der Waals surface area contributed by atoms with E-state index >= 15 is 0 Å². The number of nitriles is 1. The molecule has 1 unspecified atom stereocenters. The van der Waals surface area contributed by atoms with Crippen LogP contribution in [0.25, 0.3) is 0 Å². The van der Waals surface area contributed by atoms with Gasteiger partial charge < -0.3 is 0 Å². The summed E-state index contributed by atoms with van der Waals surface area (Å²) in [5.41, 5.74) is 4.78. The molecule has 1 heterocycles. The monoisotopic (exact) mass is 272 g/mol. The molecule has 4 fully saturated rings. The molecule has 3 heteroatoms. The van der Waals surface area contributed by atoms with Crippen molar-refractivity contribution in [1.29, 1.82) is 5.26 Å². The summed E-state index contributed by atoms with van der Waals surface area (Å²) >= 11 is 0. The normalized spacial score (nSPS) is 49.4. The highest BCUT2D eigenvalue weighted by Crippen LogP contribution is 2.59. The first-order valence-corrected chi connectivity index (χ1v) is 8.23. The molecule has 108 valence electrons. The zero-order chi connectivity index (χ0) is 13.9. The summed E-state index contributed by atoms with van der Waals surface area (Å²) in [5.74, 6) is 4.09. The average Bonchev–Trinajstić information content (AvgIpc) is 2.75. The van der Waals surface area contributed by atoms with Crippen LogP contribution >= 0.6 is 0 Å². The van der Waals surface area contributed by atoms with Crippen LogP contribution in [-0.2, 0) is 4.84 Å². The fraction of sp³-hybridized carbons (Fsp3) is 0.824. The summed E-state index contributed by atoms with van der Waals surface area (Å²) in [6.45, 7) is 4.14. The van der Waals surface area contributed by atoms with Crippen molar-refractivity contribution in [3.63, 3.8) is 0 Å². The molecule has 5 rings (SSSR count). The van der Waals surface area contributed by atoms with E-state index < -0.39 is 5.60 Å². The van der Waals surface area contributed by atoms with E-state index in [2.05, 4.69) is 18.5 Å². The van der Waals surface area contributed by atoms with Crippen LogP contribution < -0.4 is 5.48 Å². The van der Waals surface area contributed by atoms with Crippen LogP contribution in [0, 0.1) is 40.9 Å². The SMILES string of the molecule is CCC1(C)ONC(C2C3CC4CC(C3)CC2C4)=C1C#N. The highest BCUT2D eigenvalue weighted by Gasteiger charge is 2.52. The molecule has 0 radical (unpaired) electrons. The van der Waals surface area contributed by atoms with Crippen LogP contribution in [0.3, 0.4) is 0 Å². The van der Waals surface area contributed by atoms with E-state index in [0.29, 0.717) is 5.92 Å². The molecule has 0 amide bonds. The Hall–Kier alpha value is -1.01. The second-order valence-electron chi connectivity index (χ2n) is 7.65. The zero-order valence-corrected chi connectivity index (χ0v) is 12.5. The molecule has 0 saturated heterocycles.